The zero-order chi connectivity index (χ0) is 18.0. The summed E-state index contributed by atoms with van der Waals surface area (Å²) < 4.78 is 0. The van der Waals surface area contributed by atoms with Crippen LogP contribution in [0.15, 0.2) is 95.9 Å². The Kier molecular flexibility index (Phi) is 6.91. The van der Waals surface area contributed by atoms with E-state index in [1.807, 2.05) is 66.7 Å². The monoisotopic (exact) mass is 361 g/mol. The van der Waals surface area contributed by atoms with Crippen molar-refractivity contribution in [1.82, 2.24) is 5.32 Å². The molecule has 0 fully saturated rings. The Morgan fingerprint density at radius 2 is 1.38 bits per heavy atom. The lowest BCUT2D eigenvalue weighted by Crippen LogP contribution is -2.29. The average molecular weight is 362 g/mol. The number of hydrogen-bond donors (Lipinski definition) is 1. The minimum atomic E-state index is -0.240. The average Bonchev–Trinajstić information content (AvgIpc) is 2.71. The van der Waals surface area contributed by atoms with Crippen molar-refractivity contribution >= 4 is 17.7 Å². The van der Waals surface area contributed by atoms with Crippen molar-refractivity contribution in [3.8, 4) is 0 Å². The van der Waals surface area contributed by atoms with Crippen LogP contribution in [0.1, 0.15) is 22.8 Å². The summed E-state index contributed by atoms with van der Waals surface area (Å²) in [5.41, 5.74) is 2.34. The maximum absolute atomic E-state index is 12.8. The molecule has 1 amide bonds. The number of carbonyl (C=O) groups is 1. The van der Waals surface area contributed by atoms with Crippen LogP contribution in [0.4, 0.5) is 0 Å². The largest absolute Gasteiger partial charge is 0.355 e. The predicted octanol–water partition coefficient (Wildman–Crippen LogP) is 5.27. The van der Waals surface area contributed by atoms with E-state index in [0.29, 0.717) is 6.54 Å². The molecule has 26 heavy (non-hydrogen) atoms. The maximum Gasteiger partial charge on any atom is 0.237 e. The molecule has 0 aromatic heterocycles. The highest BCUT2D eigenvalue weighted by Crippen LogP contribution is 2.35. The van der Waals surface area contributed by atoms with Crippen LogP contribution in [-0.4, -0.2) is 12.5 Å². The van der Waals surface area contributed by atoms with Gasteiger partial charge in [0.05, 0.1) is 0 Å². The summed E-state index contributed by atoms with van der Waals surface area (Å²) in [7, 11) is 0. The smallest absolute Gasteiger partial charge is 0.237 e. The van der Waals surface area contributed by atoms with Crippen molar-refractivity contribution in [1.29, 1.82) is 0 Å². The SMILES string of the molecule is O=C(NCCCc1ccccc1)[C@H](Sc1ccccc1)c1ccccc1. The molecule has 0 aliphatic heterocycles. The zero-order valence-corrected chi connectivity index (χ0v) is 15.5. The number of nitrogens with one attached hydrogen (secondary N) is 1. The van der Waals surface area contributed by atoms with Gasteiger partial charge in [0.15, 0.2) is 0 Å². The van der Waals surface area contributed by atoms with E-state index in [-0.39, 0.29) is 11.2 Å². The van der Waals surface area contributed by atoms with Gasteiger partial charge < -0.3 is 5.32 Å². The standard InChI is InChI=1S/C23H23NOS/c25-23(24-18-10-13-19-11-4-1-5-12-19)22(20-14-6-2-7-15-20)26-21-16-8-3-9-17-21/h1-9,11-12,14-17,22H,10,13,18H2,(H,24,25)/t22-/m1/s1. The van der Waals surface area contributed by atoms with E-state index in [1.165, 1.54) is 5.56 Å². The summed E-state index contributed by atoms with van der Waals surface area (Å²) in [5, 5.41) is 2.87. The molecule has 3 heteroatoms. The van der Waals surface area contributed by atoms with Crippen molar-refractivity contribution in [2.75, 3.05) is 6.54 Å². The van der Waals surface area contributed by atoms with Crippen LogP contribution >= 0.6 is 11.8 Å². The second-order valence-corrected chi connectivity index (χ2v) is 7.28. The molecule has 3 aromatic rings. The fourth-order valence-corrected chi connectivity index (χ4v) is 3.85. The Bertz CT molecular complexity index is 790. The van der Waals surface area contributed by atoms with Gasteiger partial charge in [-0.05, 0) is 36.1 Å². The number of benzene rings is 3. The third-order valence-corrected chi connectivity index (χ3v) is 5.39. The molecular formula is C23H23NOS. The minimum absolute atomic E-state index is 0.0677. The van der Waals surface area contributed by atoms with E-state index in [0.717, 1.165) is 23.3 Å². The van der Waals surface area contributed by atoms with E-state index < -0.39 is 0 Å². The van der Waals surface area contributed by atoms with E-state index in [9.17, 15) is 4.79 Å². The van der Waals surface area contributed by atoms with E-state index >= 15 is 0 Å². The number of amides is 1. The maximum atomic E-state index is 12.8. The van der Waals surface area contributed by atoms with Gasteiger partial charge in [-0.1, -0.05) is 78.9 Å². The number of thioether (sulfide) groups is 1. The molecule has 0 bridgehead atoms. The fourth-order valence-electron chi connectivity index (χ4n) is 2.78. The van der Waals surface area contributed by atoms with Gasteiger partial charge in [-0.3, -0.25) is 4.79 Å². The predicted molar refractivity (Wildman–Crippen MR) is 109 cm³/mol. The molecule has 1 atom stereocenters. The van der Waals surface area contributed by atoms with Crippen LogP contribution in [-0.2, 0) is 11.2 Å². The molecule has 0 saturated carbocycles. The van der Waals surface area contributed by atoms with Gasteiger partial charge in [0.2, 0.25) is 5.91 Å². The molecule has 3 rings (SSSR count). The molecule has 0 spiro atoms. The van der Waals surface area contributed by atoms with Crippen LogP contribution in [0.25, 0.3) is 0 Å². The number of aryl methyl sites for hydroxylation is 1. The second-order valence-electron chi connectivity index (χ2n) is 6.10. The molecule has 0 heterocycles. The zero-order valence-electron chi connectivity index (χ0n) is 14.7. The molecule has 1 N–H and O–H groups in total. The normalized spacial score (nSPS) is 11.7. The van der Waals surface area contributed by atoms with E-state index in [4.69, 9.17) is 0 Å². The van der Waals surface area contributed by atoms with Gasteiger partial charge in [-0.15, -0.1) is 11.8 Å². The second kappa shape index (κ2) is 9.83. The van der Waals surface area contributed by atoms with Crippen LogP contribution in [0.5, 0.6) is 0 Å². The number of carbonyl (C=O) groups excluding carboxylic acids is 1. The van der Waals surface area contributed by atoms with Crippen molar-refractivity contribution < 1.29 is 4.79 Å². The molecule has 0 aliphatic rings. The van der Waals surface area contributed by atoms with Gasteiger partial charge in [0, 0.05) is 11.4 Å². The van der Waals surface area contributed by atoms with E-state index in [2.05, 4.69) is 29.6 Å². The highest BCUT2D eigenvalue weighted by molar-refractivity contribution is 8.00. The Morgan fingerprint density at radius 1 is 0.808 bits per heavy atom. The van der Waals surface area contributed by atoms with Crippen LogP contribution in [0.2, 0.25) is 0 Å². The molecule has 0 unspecified atom stereocenters. The topological polar surface area (TPSA) is 29.1 Å². The summed E-state index contributed by atoms with van der Waals surface area (Å²) in [6, 6.07) is 30.4. The number of rotatable bonds is 8. The molecule has 0 aliphatic carbocycles. The Hall–Kier alpha value is -2.52. The van der Waals surface area contributed by atoms with Gasteiger partial charge >= 0.3 is 0 Å². The van der Waals surface area contributed by atoms with Gasteiger partial charge in [-0.25, -0.2) is 0 Å². The minimum Gasteiger partial charge on any atom is -0.355 e. The Labute approximate surface area is 159 Å². The van der Waals surface area contributed by atoms with Crippen molar-refractivity contribution in [2.24, 2.45) is 0 Å². The first-order chi connectivity index (χ1) is 12.8. The van der Waals surface area contributed by atoms with Gasteiger partial charge in [0.1, 0.15) is 5.25 Å². The van der Waals surface area contributed by atoms with Crippen LogP contribution < -0.4 is 5.32 Å². The van der Waals surface area contributed by atoms with Crippen LogP contribution in [0, 0.1) is 0 Å². The summed E-state index contributed by atoms with van der Waals surface area (Å²) >= 11 is 1.59. The van der Waals surface area contributed by atoms with Crippen molar-refractivity contribution in [3.05, 3.63) is 102 Å². The lowest BCUT2D eigenvalue weighted by atomic mass is 10.1. The van der Waals surface area contributed by atoms with E-state index in [1.54, 1.807) is 11.8 Å². The highest BCUT2D eigenvalue weighted by Gasteiger charge is 2.21. The third-order valence-electron chi connectivity index (χ3n) is 4.12. The molecule has 0 radical (unpaired) electrons. The highest BCUT2D eigenvalue weighted by atomic mass is 32.2. The van der Waals surface area contributed by atoms with Crippen LogP contribution in [0.3, 0.4) is 0 Å². The van der Waals surface area contributed by atoms with Crippen molar-refractivity contribution in [3.63, 3.8) is 0 Å². The quantitative estimate of drug-likeness (QED) is 0.437. The molecular weight excluding hydrogens is 338 g/mol. The van der Waals surface area contributed by atoms with Gasteiger partial charge in [0.25, 0.3) is 0 Å². The molecule has 0 saturated heterocycles. The first kappa shape index (κ1) is 18.3. The first-order valence-corrected chi connectivity index (χ1v) is 9.79. The molecule has 132 valence electrons. The summed E-state index contributed by atoms with van der Waals surface area (Å²) in [4.78, 5) is 13.9. The Morgan fingerprint density at radius 3 is 2.04 bits per heavy atom. The first-order valence-electron chi connectivity index (χ1n) is 8.91. The lowest BCUT2D eigenvalue weighted by molar-refractivity contribution is -0.120. The summed E-state index contributed by atoms with van der Waals surface area (Å²) in [5.74, 6) is 0.0677. The van der Waals surface area contributed by atoms with Gasteiger partial charge in [-0.2, -0.15) is 0 Å². The number of hydrogen-bond acceptors (Lipinski definition) is 2. The molecule has 3 aromatic carbocycles. The molecule has 2 nitrogen and oxygen atoms in total. The Balaban J connectivity index is 1.59. The van der Waals surface area contributed by atoms with Crippen molar-refractivity contribution in [2.45, 2.75) is 23.0 Å². The third kappa shape index (κ3) is 5.50. The fraction of sp³-hybridized carbons (Fsp3) is 0.174. The lowest BCUT2D eigenvalue weighted by Gasteiger charge is -2.17. The summed E-state index contributed by atoms with van der Waals surface area (Å²) in [6.45, 7) is 0.687. The summed E-state index contributed by atoms with van der Waals surface area (Å²) in [6.07, 6.45) is 1.91.